The van der Waals surface area contributed by atoms with Gasteiger partial charge in [0.05, 0.1) is 12.4 Å². The lowest BCUT2D eigenvalue weighted by Gasteiger charge is -2.11. The molecule has 0 amide bonds. The molecule has 0 aliphatic carbocycles. The Hall–Kier alpha value is -1.30. The van der Waals surface area contributed by atoms with Gasteiger partial charge in [-0.2, -0.15) is 0 Å². The summed E-state index contributed by atoms with van der Waals surface area (Å²) in [6.07, 6.45) is 3.41. The van der Waals surface area contributed by atoms with Crippen molar-refractivity contribution in [2.45, 2.75) is 31.7 Å². The highest BCUT2D eigenvalue weighted by Crippen LogP contribution is 2.25. The number of anilines is 1. The number of nitrogens with one attached hydrogen (secondary N) is 1. The highest BCUT2D eigenvalue weighted by molar-refractivity contribution is 7.99. The van der Waals surface area contributed by atoms with Crippen LogP contribution in [0.1, 0.15) is 25.8 Å². The van der Waals surface area contributed by atoms with Gasteiger partial charge in [0, 0.05) is 12.6 Å². The fourth-order valence-electron chi connectivity index (χ4n) is 1.54. The predicted octanol–water partition coefficient (Wildman–Crippen LogP) is 2.13. The number of rotatable bonds is 7. The molecular formula is C12H19N3O2S. The fourth-order valence-corrected chi connectivity index (χ4v) is 2.37. The molecule has 0 unspecified atom stereocenters. The summed E-state index contributed by atoms with van der Waals surface area (Å²) in [5.41, 5.74) is 1.07. The molecule has 0 saturated carbocycles. The van der Waals surface area contributed by atoms with Crippen molar-refractivity contribution >= 4 is 23.5 Å². The van der Waals surface area contributed by atoms with E-state index in [1.54, 1.807) is 6.92 Å². The third-order valence-corrected chi connectivity index (χ3v) is 3.28. The topological polar surface area (TPSA) is 64.1 Å². The van der Waals surface area contributed by atoms with Gasteiger partial charge in [-0.1, -0.05) is 25.1 Å². The van der Waals surface area contributed by atoms with Crippen LogP contribution >= 0.6 is 11.8 Å². The minimum Gasteiger partial charge on any atom is -0.465 e. The van der Waals surface area contributed by atoms with Gasteiger partial charge in [-0.25, -0.2) is 9.97 Å². The van der Waals surface area contributed by atoms with Crippen LogP contribution in [0.4, 0.5) is 5.82 Å². The fraction of sp³-hybridized carbons (Fsp3) is 0.583. The van der Waals surface area contributed by atoms with Gasteiger partial charge in [-0.05, 0) is 13.3 Å². The molecule has 1 aromatic heterocycles. The molecule has 5 nitrogen and oxygen atoms in total. The average Bonchev–Trinajstić information content (AvgIpc) is 2.38. The molecule has 6 heteroatoms. The molecule has 0 fully saturated rings. The van der Waals surface area contributed by atoms with Gasteiger partial charge < -0.3 is 10.1 Å². The molecule has 0 aliphatic heterocycles. The number of carbonyl (C=O) groups is 1. The van der Waals surface area contributed by atoms with Crippen molar-refractivity contribution < 1.29 is 9.53 Å². The normalized spacial score (nSPS) is 10.2. The van der Waals surface area contributed by atoms with Gasteiger partial charge >= 0.3 is 5.97 Å². The molecule has 1 aromatic rings. The summed E-state index contributed by atoms with van der Waals surface area (Å²) in [6.45, 7) is 4.31. The molecule has 0 bridgehead atoms. The van der Waals surface area contributed by atoms with Gasteiger partial charge in [-0.15, -0.1) is 0 Å². The van der Waals surface area contributed by atoms with Gasteiger partial charge in [0.2, 0.25) is 0 Å². The standard InChI is InChI=1S/C12H19N3O2S/c1-4-6-9-11(13-3)14-8-15-12(9)18-7-10(16)17-5-2/h8H,4-7H2,1-3H3,(H,13,14,15). The maximum absolute atomic E-state index is 11.3. The summed E-state index contributed by atoms with van der Waals surface area (Å²) in [7, 11) is 1.83. The van der Waals surface area contributed by atoms with E-state index in [1.165, 1.54) is 18.1 Å². The Morgan fingerprint density at radius 3 is 2.83 bits per heavy atom. The third kappa shape index (κ3) is 4.18. The highest BCUT2D eigenvalue weighted by Gasteiger charge is 2.12. The third-order valence-electron chi connectivity index (χ3n) is 2.27. The SMILES string of the molecule is CCCc1c(NC)ncnc1SCC(=O)OCC. The summed E-state index contributed by atoms with van der Waals surface area (Å²) >= 11 is 1.40. The van der Waals surface area contributed by atoms with E-state index in [1.807, 2.05) is 7.05 Å². The zero-order valence-electron chi connectivity index (χ0n) is 11.0. The second-order valence-corrected chi connectivity index (χ2v) is 4.56. The summed E-state index contributed by atoms with van der Waals surface area (Å²) in [5, 5.41) is 3.90. The zero-order chi connectivity index (χ0) is 13.4. The first-order valence-corrected chi connectivity index (χ1v) is 7.01. The minimum absolute atomic E-state index is 0.213. The Balaban J connectivity index is 2.77. The van der Waals surface area contributed by atoms with Crippen molar-refractivity contribution in [3.63, 3.8) is 0 Å². The molecule has 100 valence electrons. The van der Waals surface area contributed by atoms with E-state index >= 15 is 0 Å². The Labute approximate surface area is 112 Å². The van der Waals surface area contributed by atoms with E-state index in [4.69, 9.17) is 4.74 Å². The number of carbonyl (C=O) groups excluding carboxylic acids is 1. The van der Waals surface area contributed by atoms with Crippen LogP contribution in [0.5, 0.6) is 0 Å². The van der Waals surface area contributed by atoms with E-state index in [9.17, 15) is 4.79 Å². The van der Waals surface area contributed by atoms with Crippen molar-refractivity contribution in [3.8, 4) is 0 Å². The molecule has 0 spiro atoms. The maximum Gasteiger partial charge on any atom is 0.316 e. The monoisotopic (exact) mass is 269 g/mol. The number of esters is 1. The first-order valence-electron chi connectivity index (χ1n) is 6.02. The molecule has 0 aromatic carbocycles. The number of hydrogen-bond donors (Lipinski definition) is 1. The Morgan fingerprint density at radius 1 is 1.44 bits per heavy atom. The lowest BCUT2D eigenvalue weighted by atomic mass is 10.2. The van der Waals surface area contributed by atoms with Crippen molar-refractivity contribution in [3.05, 3.63) is 11.9 Å². The molecule has 1 heterocycles. The Kier molecular flexibility index (Phi) is 6.49. The quantitative estimate of drug-likeness (QED) is 0.465. The van der Waals surface area contributed by atoms with Gasteiger partial charge in [0.1, 0.15) is 17.2 Å². The second-order valence-electron chi connectivity index (χ2n) is 3.60. The molecule has 0 saturated heterocycles. The average molecular weight is 269 g/mol. The molecule has 0 radical (unpaired) electrons. The Bertz CT molecular complexity index is 399. The van der Waals surface area contributed by atoms with E-state index in [-0.39, 0.29) is 11.7 Å². The molecule has 1 N–H and O–H groups in total. The molecule has 1 rings (SSSR count). The van der Waals surface area contributed by atoms with E-state index in [0.29, 0.717) is 6.61 Å². The first kappa shape index (κ1) is 14.8. The van der Waals surface area contributed by atoms with Crippen molar-refractivity contribution in [2.24, 2.45) is 0 Å². The smallest absolute Gasteiger partial charge is 0.316 e. The van der Waals surface area contributed by atoms with Gasteiger partial charge in [0.15, 0.2) is 0 Å². The number of thioether (sulfide) groups is 1. The van der Waals surface area contributed by atoms with Crippen LogP contribution in [0.25, 0.3) is 0 Å². The van der Waals surface area contributed by atoms with Crippen LogP contribution in [0.3, 0.4) is 0 Å². The number of nitrogens with zero attached hydrogens (tertiary/aromatic N) is 2. The number of aromatic nitrogens is 2. The molecule has 0 atom stereocenters. The summed E-state index contributed by atoms with van der Waals surface area (Å²) < 4.78 is 4.90. The van der Waals surface area contributed by atoms with Crippen LogP contribution in [-0.4, -0.2) is 35.3 Å². The van der Waals surface area contributed by atoms with E-state index in [0.717, 1.165) is 29.2 Å². The molecule has 0 aliphatic rings. The van der Waals surface area contributed by atoms with Crippen LogP contribution in [-0.2, 0) is 16.0 Å². The van der Waals surface area contributed by atoms with Gasteiger partial charge in [-0.3, -0.25) is 4.79 Å². The van der Waals surface area contributed by atoms with Crippen molar-refractivity contribution in [2.75, 3.05) is 24.7 Å². The summed E-state index contributed by atoms with van der Waals surface area (Å²) in [4.78, 5) is 19.8. The zero-order valence-corrected chi connectivity index (χ0v) is 11.8. The van der Waals surface area contributed by atoms with Crippen LogP contribution in [0, 0.1) is 0 Å². The molecular weight excluding hydrogens is 250 g/mol. The molecule has 18 heavy (non-hydrogen) atoms. The second kappa shape index (κ2) is 7.92. The highest BCUT2D eigenvalue weighted by atomic mass is 32.2. The van der Waals surface area contributed by atoms with Crippen molar-refractivity contribution in [1.29, 1.82) is 0 Å². The first-order chi connectivity index (χ1) is 8.72. The van der Waals surface area contributed by atoms with Crippen molar-refractivity contribution in [1.82, 2.24) is 9.97 Å². The number of hydrogen-bond acceptors (Lipinski definition) is 6. The predicted molar refractivity (Wildman–Crippen MR) is 72.9 cm³/mol. The van der Waals surface area contributed by atoms with Gasteiger partial charge in [0.25, 0.3) is 0 Å². The van der Waals surface area contributed by atoms with E-state index in [2.05, 4.69) is 22.2 Å². The van der Waals surface area contributed by atoms with Crippen LogP contribution in [0.15, 0.2) is 11.4 Å². The number of ether oxygens (including phenoxy) is 1. The largest absolute Gasteiger partial charge is 0.465 e. The minimum atomic E-state index is -0.213. The lowest BCUT2D eigenvalue weighted by molar-refractivity contribution is -0.139. The Morgan fingerprint density at radius 2 is 2.22 bits per heavy atom. The summed E-state index contributed by atoms with van der Waals surface area (Å²) in [6, 6.07) is 0. The van der Waals surface area contributed by atoms with Crippen LogP contribution < -0.4 is 5.32 Å². The van der Waals surface area contributed by atoms with E-state index < -0.39 is 0 Å². The lowest BCUT2D eigenvalue weighted by Crippen LogP contribution is -2.08. The summed E-state index contributed by atoms with van der Waals surface area (Å²) in [5.74, 6) is 0.901. The van der Waals surface area contributed by atoms with Crippen LogP contribution in [0.2, 0.25) is 0 Å². The maximum atomic E-state index is 11.3.